The third kappa shape index (κ3) is 2.72. The van der Waals surface area contributed by atoms with Crippen molar-refractivity contribution in [3.63, 3.8) is 0 Å². The van der Waals surface area contributed by atoms with Crippen molar-refractivity contribution < 1.29 is 4.74 Å². The number of pyridine rings is 1. The third-order valence-electron chi connectivity index (χ3n) is 1.09. The summed E-state index contributed by atoms with van der Waals surface area (Å²) in [5.41, 5.74) is 0. The van der Waals surface area contributed by atoms with Crippen LogP contribution in [0.2, 0.25) is 0 Å². The van der Waals surface area contributed by atoms with Gasteiger partial charge < -0.3 is 4.74 Å². The molecule has 0 saturated heterocycles. The van der Waals surface area contributed by atoms with E-state index in [-0.39, 0.29) is 0 Å². The Labute approximate surface area is 66.2 Å². The highest BCUT2D eigenvalue weighted by atomic mass is 16.5. The lowest BCUT2D eigenvalue weighted by Crippen LogP contribution is -1.95. The van der Waals surface area contributed by atoms with Gasteiger partial charge in [-0.2, -0.15) is 0 Å². The van der Waals surface area contributed by atoms with Crippen molar-refractivity contribution in [2.45, 2.75) is 6.42 Å². The summed E-state index contributed by atoms with van der Waals surface area (Å²) >= 11 is 0. The van der Waals surface area contributed by atoms with Crippen molar-refractivity contribution in [3.05, 3.63) is 24.5 Å². The van der Waals surface area contributed by atoms with Gasteiger partial charge in [0.05, 0.1) is 12.8 Å². The summed E-state index contributed by atoms with van der Waals surface area (Å²) in [7, 11) is 0. The minimum atomic E-state index is 0.538. The maximum absolute atomic E-state index is 5.21. The molecule has 11 heavy (non-hydrogen) atoms. The van der Waals surface area contributed by atoms with E-state index in [0.717, 1.165) is 0 Å². The molecule has 0 aromatic carbocycles. The smallest absolute Gasteiger partial charge is 0.138 e. The van der Waals surface area contributed by atoms with Crippen LogP contribution in [0.3, 0.4) is 0 Å². The van der Waals surface area contributed by atoms with E-state index in [9.17, 15) is 0 Å². The van der Waals surface area contributed by atoms with Crippen LogP contribution in [-0.4, -0.2) is 11.6 Å². The summed E-state index contributed by atoms with van der Waals surface area (Å²) in [6.07, 6.45) is 8.87. The van der Waals surface area contributed by atoms with Crippen LogP contribution in [0.1, 0.15) is 6.42 Å². The van der Waals surface area contributed by atoms with E-state index >= 15 is 0 Å². The molecule has 0 aliphatic rings. The molecule has 2 heteroatoms. The number of terminal acetylenes is 1. The Balaban J connectivity index is 2.35. The first-order valence-corrected chi connectivity index (χ1v) is 3.31. The lowest BCUT2D eigenvalue weighted by molar-refractivity contribution is 0.326. The molecule has 0 atom stereocenters. The van der Waals surface area contributed by atoms with Gasteiger partial charge in [0.15, 0.2) is 0 Å². The number of rotatable bonds is 3. The number of aromatic nitrogens is 1. The first-order chi connectivity index (χ1) is 5.43. The zero-order valence-electron chi connectivity index (χ0n) is 6.08. The van der Waals surface area contributed by atoms with Gasteiger partial charge in [-0.3, -0.25) is 4.98 Å². The van der Waals surface area contributed by atoms with Crippen molar-refractivity contribution in [1.82, 2.24) is 4.98 Å². The molecular weight excluding hydrogens is 138 g/mol. The lowest BCUT2D eigenvalue weighted by Gasteiger charge is -2.00. The average Bonchev–Trinajstić information content (AvgIpc) is 2.07. The molecule has 2 nitrogen and oxygen atoms in total. The summed E-state index contributed by atoms with van der Waals surface area (Å²) < 4.78 is 5.21. The maximum atomic E-state index is 5.21. The van der Waals surface area contributed by atoms with Gasteiger partial charge in [-0.1, -0.05) is 0 Å². The van der Waals surface area contributed by atoms with E-state index in [1.54, 1.807) is 18.5 Å². The molecule has 1 heterocycles. The van der Waals surface area contributed by atoms with Crippen molar-refractivity contribution in [1.29, 1.82) is 0 Å². The Kier molecular flexibility index (Phi) is 3.01. The molecule has 0 saturated carbocycles. The van der Waals surface area contributed by atoms with Gasteiger partial charge in [-0.15, -0.1) is 12.3 Å². The SMILES string of the molecule is C#CCCOc1c[c]cnc1. The number of hydrogen-bond donors (Lipinski definition) is 0. The second kappa shape index (κ2) is 4.35. The van der Waals surface area contributed by atoms with Gasteiger partial charge in [0.25, 0.3) is 0 Å². The molecular formula is C9H8NO. The molecule has 0 unspecified atom stereocenters. The fourth-order valence-electron chi connectivity index (χ4n) is 0.617. The highest BCUT2D eigenvalue weighted by Gasteiger charge is 1.88. The van der Waals surface area contributed by atoms with Crippen LogP contribution in [0.25, 0.3) is 0 Å². The normalized spacial score (nSPS) is 8.64. The molecule has 1 radical (unpaired) electrons. The molecule has 0 spiro atoms. The zero-order valence-corrected chi connectivity index (χ0v) is 6.08. The number of hydrogen-bond acceptors (Lipinski definition) is 2. The lowest BCUT2D eigenvalue weighted by atomic mass is 10.4. The van der Waals surface area contributed by atoms with E-state index in [2.05, 4.69) is 17.0 Å². The van der Waals surface area contributed by atoms with Crippen LogP contribution >= 0.6 is 0 Å². The topological polar surface area (TPSA) is 22.1 Å². The number of nitrogens with zero attached hydrogens (tertiary/aromatic N) is 1. The number of ether oxygens (including phenoxy) is 1. The largest absolute Gasteiger partial charge is 0.491 e. The molecule has 1 aromatic heterocycles. The van der Waals surface area contributed by atoms with E-state index in [1.165, 1.54) is 0 Å². The van der Waals surface area contributed by atoms with Gasteiger partial charge >= 0.3 is 0 Å². The monoisotopic (exact) mass is 146 g/mol. The summed E-state index contributed by atoms with van der Waals surface area (Å²) in [6, 6.07) is 4.53. The molecule has 0 N–H and O–H groups in total. The highest BCUT2D eigenvalue weighted by molar-refractivity contribution is 5.14. The molecule has 1 aromatic rings. The van der Waals surface area contributed by atoms with E-state index < -0.39 is 0 Å². The summed E-state index contributed by atoms with van der Waals surface area (Å²) in [4.78, 5) is 3.83. The fourth-order valence-corrected chi connectivity index (χ4v) is 0.617. The van der Waals surface area contributed by atoms with Crippen molar-refractivity contribution in [2.75, 3.05) is 6.61 Å². The molecule has 0 aliphatic carbocycles. The Morgan fingerprint density at radius 2 is 2.64 bits per heavy atom. The molecule has 0 amide bonds. The predicted molar refractivity (Wildman–Crippen MR) is 42.0 cm³/mol. The molecule has 0 bridgehead atoms. The van der Waals surface area contributed by atoms with Crippen LogP contribution in [0.4, 0.5) is 0 Å². The molecule has 1 rings (SSSR count). The van der Waals surface area contributed by atoms with Gasteiger partial charge in [0.1, 0.15) is 5.75 Å². The highest BCUT2D eigenvalue weighted by Crippen LogP contribution is 2.05. The summed E-state index contributed by atoms with van der Waals surface area (Å²) in [5, 5.41) is 0. The van der Waals surface area contributed by atoms with Crippen molar-refractivity contribution >= 4 is 0 Å². The van der Waals surface area contributed by atoms with Crippen molar-refractivity contribution in [2.24, 2.45) is 0 Å². The minimum absolute atomic E-state index is 0.538. The Morgan fingerprint density at radius 3 is 3.27 bits per heavy atom. The second-order valence-corrected chi connectivity index (χ2v) is 1.92. The first-order valence-electron chi connectivity index (χ1n) is 3.31. The van der Waals surface area contributed by atoms with Crippen LogP contribution in [0, 0.1) is 18.4 Å². The quantitative estimate of drug-likeness (QED) is 0.473. The summed E-state index contributed by atoms with van der Waals surface area (Å²) in [5.74, 6) is 3.19. The summed E-state index contributed by atoms with van der Waals surface area (Å²) in [6.45, 7) is 0.538. The third-order valence-corrected chi connectivity index (χ3v) is 1.09. The Hall–Kier alpha value is -1.49. The van der Waals surface area contributed by atoms with Crippen molar-refractivity contribution in [3.8, 4) is 18.1 Å². The molecule has 0 fully saturated rings. The zero-order chi connectivity index (χ0) is 7.94. The fraction of sp³-hybridized carbons (Fsp3) is 0.222. The van der Waals surface area contributed by atoms with E-state index in [0.29, 0.717) is 18.8 Å². The van der Waals surface area contributed by atoms with E-state index in [4.69, 9.17) is 11.2 Å². The van der Waals surface area contributed by atoms with Crippen LogP contribution < -0.4 is 4.74 Å². The molecule has 0 aliphatic heterocycles. The maximum Gasteiger partial charge on any atom is 0.138 e. The van der Waals surface area contributed by atoms with Gasteiger partial charge in [0.2, 0.25) is 0 Å². The van der Waals surface area contributed by atoms with E-state index in [1.807, 2.05) is 0 Å². The minimum Gasteiger partial charge on any atom is -0.491 e. The standard InChI is InChI=1S/C9H8NO/c1-2-3-7-11-9-5-4-6-10-8-9/h1,5-6,8H,3,7H2. The van der Waals surface area contributed by atoms with Gasteiger partial charge in [-0.05, 0) is 6.07 Å². The van der Waals surface area contributed by atoms with Crippen LogP contribution in [0.5, 0.6) is 5.75 Å². The van der Waals surface area contributed by atoms with Crippen LogP contribution in [-0.2, 0) is 0 Å². The predicted octanol–water partition coefficient (Wildman–Crippen LogP) is 1.28. The van der Waals surface area contributed by atoms with Gasteiger partial charge in [0, 0.05) is 18.7 Å². The van der Waals surface area contributed by atoms with Gasteiger partial charge in [-0.25, -0.2) is 0 Å². The second-order valence-electron chi connectivity index (χ2n) is 1.92. The Morgan fingerprint density at radius 1 is 1.73 bits per heavy atom. The van der Waals surface area contributed by atoms with Crippen LogP contribution in [0.15, 0.2) is 18.5 Å². The average molecular weight is 146 g/mol. The molecule has 55 valence electrons. The Bertz CT molecular complexity index is 237. The first kappa shape index (κ1) is 7.62.